The van der Waals surface area contributed by atoms with Crippen LogP contribution in [-0.4, -0.2) is 10.2 Å². The van der Waals surface area contributed by atoms with Crippen LogP contribution in [0.4, 0.5) is 0 Å². The van der Waals surface area contributed by atoms with E-state index >= 15 is 0 Å². The predicted molar refractivity (Wildman–Crippen MR) is 72.3 cm³/mol. The van der Waals surface area contributed by atoms with Gasteiger partial charge >= 0.3 is 0 Å². The number of hydrogen-bond donors (Lipinski definition) is 1. The van der Waals surface area contributed by atoms with E-state index in [1.54, 1.807) is 0 Å². The molecule has 4 nitrogen and oxygen atoms in total. The Morgan fingerprint density at radius 2 is 1.94 bits per heavy atom. The third-order valence-corrected chi connectivity index (χ3v) is 3.52. The fourth-order valence-corrected chi connectivity index (χ4v) is 2.26. The van der Waals surface area contributed by atoms with Gasteiger partial charge in [-0.2, -0.15) is 0 Å². The van der Waals surface area contributed by atoms with E-state index < -0.39 is 0 Å². The van der Waals surface area contributed by atoms with Gasteiger partial charge in [-0.15, -0.1) is 10.2 Å². The van der Waals surface area contributed by atoms with Crippen molar-refractivity contribution >= 4 is 11.8 Å². The first-order valence-electron chi connectivity index (χ1n) is 5.93. The lowest BCUT2D eigenvalue weighted by atomic mass is 10.0. The van der Waals surface area contributed by atoms with Crippen LogP contribution >= 0.6 is 11.8 Å². The van der Waals surface area contributed by atoms with Gasteiger partial charge in [-0.05, 0) is 17.0 Å². The van der Waals surface area contributed by atoms with Gasteiger partial charge in [-0.25, -0.2) is 0 Å². The second kappa shape index (κ2) is 6.02. The summed E-state index contributed by atoms with van der Waals surface area (Å²) in [7, 11) is 0. The molecule has 2 N–H and O–H groups in total. The van der Waals surface area contributed by atoms with Gasteiger partial charge in [0.05, 0.1) is 6.54 Å². The summed E-state index contributed by atoms with van der Waals surface area (Å²) in [4.78, 5) is 0. The fourth-order valence-electron chi connectivity index (χ4n) is 1.52. The van der Waals surface area contributed by atoms with Crippen LogP contribution in [0.3, 0.4) is 0 Å². The van der Waals surface area contributed by atoms with Crippen molar-refractivity contribution in [1.82, 2.24) is 10.2 Å². The molecule has 0 fully saturated rings. The van der Waals surface area contributed by atoms with Crippen LogP contribution in [0, 0.1) is 0 Å². The van der Waals surface area contributed by atoms with Crippen molar-refractivity contribution in [3.05, 3.63) is 41.3 Å². The summed E-state index contributed by atoms with van der Waals surface area (Å²) in [6.45, 7) is 4.67. The quantitative estimate of drug-likeness (QED) is 0.840. The van der Waals surface area contributed by atoms with Crippen molar-refractivity contribution in [2.24, 2.45) is 5.73 Å². The zero-order valence-corrected chi connectivity index (χ0v) is 11.4. The highest BCUT2D eigenvalue weighted by Crippen LogP contribution is 2.22. The zero-order chi connectivity index (χ0) is 13.0. The van der Waals surface area contributed by atoms with Gasteiger partial charge in [0.2, 0.25) is 5.89 Å². The molecule has 0 aliphatic heterocycles. The Morgan fingerprint density at radius 3 is 2.50 bits per heavy atom. The van der Waals surface area contributed by atoms with Crippen LogP contribution in [0.15, 0.2) is 33.9 Å². The predicted octanol–water partition coefficient (Wildman–Crippen LogP) is 2.94. The molecule has 0 unspecified atom stereocenters. The van der Waals surface area contributed by atoms with Crippen molar-refractivity contribution in [3.8, 4) is 0 Å². The third-order valence-electron chi connectivity index (χ3n) is 2.63. The average Bonchev–Trinajstić information content (AvgIpc) is 2.85. The number of nitrogens with zero attached hydrogens (tertiary/aromatic N) is 2. The number of nitrogens with two attached hydrogens (primary N) is 1. The van der Waals surface area contributed by atoms with Gasteiger partial charge in [0.25, 0.3) is 5.22 Å². The second-order valence-electron chi connectivity index (χ2n) is 4.35. The van der Waals surface area contributed by atoms with Gasteiger partial charge in [0.15, 0.2) is 0 Å². The fraction of sp³-hybridized carbons (Fsp3) is 0.385. The molecule has 1 aromatic carbocycles. The highest BCUT2D eigenvalue weighted by atomic mass is 32.2. The van der Waals surface area contributed by atoms with E-state index in [2.05, 4.69) is 48.3 Å². The van der Waals surface area contributed by atoms with E-state index in [4.69, 9.17) is 10.2 Å². The zero-order valence-electron chi connectivity index (χ0n) is 10.6. The van der Waals surface area contributed by atoms with Crippen molar-refractivity contribution < 1.29 is 4.42 Å². The van der Waals surface area contributed by atoms with E-state index in [0.29, 0.717) is 17.0 Å². The first-order chi connectivity index (χ1) is 8.69. The van der Waals surface area contributed by atoms with Crippen LogP contribution in [-0.2, 0) is 12.3 Å². The molecule has 0 bridgehead atoms. The smallest absolute Gasteiger partial charge is 0.276 e. The molecule has 1 aromatic heterocycles. The normalized spacial score (nSPS) is 11.1. The number of aromatic nitrogens is 2. The first-order valence-corrected chi connectivity index (χ1v) is 6.91. The van der Waals surface area contributed by atoms with Crippen molar-refractivity contribution in [3.63, 3.8) is 0 Å². The minimum Gasteiger partial charge on any atom is -0.415 e. The molecule has 0 aliphatic rings. The molecule has 0 amide bonds. The Kier molecular flexibility index (Phi) is 4.38. The summed E-state index contributed by atoms with van der Waals surface area (Å²) in [5, 5.41) is 8.31. The SMILES string of the molecule is CC(C)c1ccc(CSc2nnc(CN)o2)cc1. The maximum absolute atomic E-state index is 5.41. The Hall–Kier alpha value is -1.33. The van der Waals surface area contributed by atoms with E-state index in [1.165, 1.54) is 22.9 Å². The van der Waals surface area contributed by atoms with Gasteiger partial charge in [-0.3, -0.25) is 0 Å². The Labute approximate surface area is 111 Å². The average molecular weight is 263 g/mol. The number of thioether (sulfide) groups is 1. The molecule has 0 atom stereocenters. The monoisotopic (exact) mass is 263 g/mol. The second-order valence-corrected chi connectivity index (χ2v) is 5.28. The maximum atomic E-state index is 5.41. The molecule has 2 rings (SSSR count). The number of hydrogen-bond acceptors (Lipinski definition) is 5. The van der Waals surface area contributed by atoms with Gasteiger partial charge < -0.3 is 10.2 Å². The van der Waals surface area contributed by atoms with Gasteiger partial charge in [0.1, 0.15) is 0 Å². The molecule has 0 spiro atoms. The van der Waals surface area contributed by atoms with E-state index in [0.717, 1.165) is 5.75 Å². The summed E-state index contributed by atoms with van der Waals surface area (Å²) in [5.74, 6) is 1.87. The number of rotatable bonds is 5. The summed E-state index contributed by atoms with van der Waals surface area (Å²) >= 11 is 1.53. The van der Waals surface area contributed by atoms with E-state index in [1.807, 2.05) is 0 Å². The van der Waals surface area contributed by atoms with Crippen molar-refractivity contribution in [2.45, 2.75) is 37.3 Å². The van der Waals surface area contributed by atoms with E-state index in [9.17, 15) is 0 Å². The first kappa shape index (κ1) is 13.1. The molecule has 5 heteroatoms. The summed E-state index contributed by atoms with van der Waals surface area (Å²) in [5.41, 5.74) is 8.01. The van der Waals surface area contributed by atoms with Gasteiger partial charge in [0, 0.05) is 5.75 Å². The van der Waals surface area contributed by atoms with Crippen LogP contribution in [0.2, 0.25) is 0 Å². The molecule has 2 aromatic rings. The Bertz CT molecular complexity index is 493. The summed E-state index contributed by atoms with van der Waals surface area (Å²) in [6.07, 6.45) is 0. The summed E-state index contributed by atoms with van der Waals surface area (Å²) < 4.78 is 5.33. The van der Waals surface area contributed by atoms with Crippen LogP contribution in [0.5, 0.6) is 0 Å². The lowest BCUT2D eigenvalue weighted by Crippen LogP contribution is -1.95. The molecule has 18 heavy (non-hydrogen) atoms. The van der Waals surface area contributed by atoms with Gasteiger partial charge in [-0.1, -0.05) is 49.9 Å². The maximum Gasteiger partial charge on any atom is 0.276 e. The highest BCUT2D eigenvalue weighted by molar-refractivity contribution is 7.98. The lowest BCUT2D eigenvalue weighted by molar-refractivity contribution is 0.415. The van der Waals surface area contributed by atoms with Crippen LogP contribution < -0.4 is 5.73 Å². The van der Waals surface area contributed by atoms with Crippen LogP contribution in [0.1, 0.15) is 36.8 Å². The Balaban J connectivity index is 1.93. The third kappa shape index (κ3) is 3.34. The molecule has 0 saturated carbocycles. The lowest BCUT2D eigenvalue weighted by Gasteiger charge is -2.05. The van der Waals surface area contributed by atoms with Crippen LogP contribution in [0.25, 0.3) is 0 Å². The van der Waals surface area contributed by atoms with Crippen molar-refractivity contribution in [1.29, 1.82) is 0 Å². The molecular formula is C13H17N3OS. The molecule has 0 aliphatic carbocycles. The standard InChI is InChI=1S/C13H17N3OS/c1-9(2)11-5-3-10(4-6-11)8-18-13-16-15-12(7-14)17-13/h3-6,9H,7-8,14H2,1-2H3. The van der Waals surface area contributed by atoms with E-state index in [-0.39, 0.29) is 6.54 Å². The molecular weight excluding hydrogens is 246 g/mol. The Morgan fingerprint density at radius 1 is 1.22 bits per heavy atom. The number of benzene rings is 1. The van der Waals surface area contributed by atoms with Crippen molar-refractivity contribution in [2.75, 3.05) is 0 Å². The topological polar surface area (TPSA) is 64.9 Å². The molecule has 0 radical (unpaired) electrons. The minimum atomic E-state index is 0.288. The molecule has 0 saturated heterocycles. The molecule has 1 heterocycles. The summed E-state index contributed by atoms with van der Waals surface area (Å²) in [6, 6.07) is 8.62. The largest absolute Gasteiger partial charge is 0.415 e. The minimum absolute atomic E-state index is 0.288. The highest BCUT2D eigenvalue weighted by Gasteiger charge is 2.05. The molecule has 96 valence electrons.